The highest BCUT2D eigenvalue weighted by atomic mass is 16.3. The molecule has 4 aromatic carbocycles. The molecule has 0 fully saturated rings. The number of nitrogens with zero attached hydrogens (tertiary/aromatic N) is 4. The summed E-state index contributed by atoms with van der Waals surface area (Å²) < 4.78 is 32.1. The van der Waals surface area contributed by atoms with Gasteiger partial charge in [0, 0.05) is 54.4 Å². The molecule has 0 spiro atoms. The zero-order chi connectivity index (χ0) is 30.7. The van der Waals surface area contributed by atoms with E-state index in [0.717, 1.165) is 56.8 Å². The van der Waals surface area contributed by atoms with Crippen LogP contribution in [0.5, 0.6) is 0 Å². The molecule has 1 aliphatic heterocycles. The summed E-state index contributed by atoms with van der Waals surface area (Å²) in [5, 5.41) is 4.36. The van der Waals surface area contributed by atoms with Crippen LogP contribution in [0.2, 0.25) is 0 Å². The van der Waals surface area contributed by atoms with Crippen LogP contribution in [-0.4, -0.2) is 14.1 Å². The van der Waals surface area contributed by atoms with Gasteiger partial charge in [-0.2, -0.15) is 4.57 Å². The minimum absolute atomic E-state index is 0.706. The van der Waals surface area contributed by atoms with Gasteiger partial charge in [0.05, 0.1) is 18.3 Å². The van der Waals surface area contributed by atoms with Gasteiger partial charge in [-0.15, -0.1) is 0 Å². The molecular weight excluding hydrogens is 516 g/mol. The van der Waals surface area contributed by atoms with Gasteiger partial charge < -0.3 is 8.98 Å². The molecule has 1 aliphatic rings. The predicted molar refractivity (Wildman–Crippen MR) is 170 cm³/mol. The number of para-hydroxylation sites is 1. The molecule has 5 nitrogen and oxygen atoms in total. The average Bonchev–Trinajstić information content (AvgIpc) is 3.74. The van der Waals surface area contributed by atoms with E-state index >= 15 is 0 Å². The Bertz CT molecular complexity index is 2310. The quantitative estimate of drug-likeness (QED) is 0.205. The van der Waals surface area contributed by atoms with Crippen LogP contribution in [0.15, 0.2) is 83.8 Å². The third-order valence-electron chi connectivity index (χ3n) is 8.99. The SMILES string of the molecule is [2H]C(C)(C)c1cc2c(oc3ccccc32)c(C([2H])(C)C)c1-n1cc[n+](C)c1-c1c2c(c3ccccc3c1C)-n1ccnc1C2. The van der Waals surface area contributed by atoms with Gasteiger partial charge in [0.1, 0.15) is 35.1 Å². The third-order valence-corrected chi connectivity index (χ3v) is 8.99. The number of hydrogen-bond donors (Lipinski definition) is 0. The third kappa shape index (κ3) is 3.31. The average molecular weight is 554 g/mol. The van der Waals surface area contributed by atoms with Gasteiger partial charge in [-0.05, 0) is 41.8 Å². The Hall–Kier alpha value is -4.64. The maximum atomic E-state index is 9.49. The van der Waals surface area contributed by atoms with Crippen LogP contribution < -0.4 is 4.57 Å². The van der Waals surface area contributed by atoms with Gasteiger partial charge in [0.25, 0.3) is 5.82 Å². The molecule has 8 rings (SSSR count). The van der Waals surface area contributed by atoms with Crippen molar-refractivity contribution >= 4 is 32.7 Å². The Morgan fingerprint density at radius 2 is 1.62 bits per heavy atom. The molecule has 42 heavy (non-hydrogen) atoms. The number of hydrogen-bond acceptors (Lipinski definition) is 2. The zero-order valence-electron chi connectivity index (χ0n) is 26.9. The van der Waals surface area contributed by atoms with E-state index in [1.807, 2.05) is 52.1 Å². The summed E-state index contributed by atoms with van der Waals surface area (Å²) in [5.74, 6) is 0.0555. The summed E-state index contributed by atoms with van der Waals surface area (Å²) in [7, 11) is 2.08. The van der Waals surface area contributed by atoms with E-state index in [1.165, 1.54) is 27.6 Å². The minimum Gasteiger partial charge on any atom is -0.456 e. The first-order valence-electron chi connectivity index (χ1n) is 15.6. The molecule has 0 N–H and O–H groups in total. The predicted octanol–water partition coefficient (Wildman–Crippen LogP) is 8.67. The zero-order valence-corrected chi connectivity index (χ0v) is 24.9. The monoisotopic (exact) mass is 553 g/mol. The number of aryl methyl sites for hydroxylation is 2. The van der Waals surface area contributed by atoms with Crippen LogP contribution in [0.4, 0.5) is 0 Å². The lowest BCUT2D eigenvalue weighted by molar-refractivity contribution is -0.659. The summed E-state index contributed by atoms with van der Waals surface area (Å²) >= 11 is 0. The van der Waals surface area contributed by atoms with E-state index in [0.29, 0.717) is 5.58 Å². The summed E-state index contributed by atoms with van der Waals surface area (Å²) in [4.78, 5) is 4.71. The van der Waals surface area contributed by atoms with Crippen LogP contribution in [0.1, 0.15) is 70.3 Å². The molecule has 0 saturated carbocycles. The second kappa shape index (κ2) is 8.93. The molecule has 0 saturated heterocycles. The van der Waals surface area contributed by atoms with Crippen LogP contribution in [0, 0.1) is 6.92 Å². The number of furan rings is 1. The standard InChI is InChI=1S/C37H35N4O/c1-21(2)27-19-28-25-12-9-10-14-30(25)42-36(28)32(22(3)4)35(27)41-18-17-39(6)37(41)33-23(5)24-11-7-8-13-26(24)34-29(33)20-31-38-15-16-40(31)34/h7-19,21-22H,20H2,1-6H3/q+1/i21D,22D. The summed E-state index contributed by atoms with van der Waals surface area (Å²) in [6, 6.07) is 18.8. The second-order valence-electron chi connectivity index (χ2n) is 12.0. The Morgan fingerprint density at radius 3 is 2.38 bits per heavy atom. The van der Waals surface area contributed by atoms with E-state index < -0.39 is 11.8 Å². The lowest BCUT2D eigenvalue weighted by Crippen LogP contribution is -2.30. The van der Waals surface area contributed by atoms with Crippen molar-refractivity contribution in [2.75, 3.05) is 0 Å². The topological polar surface area (TPSA) is 39.8 Å². The van der Waals surface area contributed by atoms with Crippen molar-refractivity contribution in [1.82, 2.24) is 14.1 Å². The lowest BCUT2D eigenvalue weighted by atomic mass is 9.89. The van der Waals surface area contributed by atoms with Crippen molar-refractivity contribution < 1.29 is 11.7 Å². The fourth-order valence-corrected chi connectivity index (χ4v) is 7.13. The van der Waals surface area contributed by atoms with Crippen molar-refractivity contribution in [2.45, 2.75) is 52.8 Å². The van der Waals surface area contributed by atoms with E-state index in [2.05, 4.69) is 82.7 Å². The fraction of sp³-hybridized carbons (Fsp3) is 0.243. The van der Waals surface area contributed by atoms with Crippen molar-refractivity contribution in [3.05, 3.63) is 107 Å². The summed E-state index contributed by atoms with van der Waals surface area (Å²) in [6.07, 6.45) is 8.82. The second-order valence-corrected chi connectivity index (χ2v) is 12.0. The maximum absolute atomic E-state index is 9.49. The minimum atomic E-state index is -1.02. The summed E-state index contributed by atoms with van der Waals surface area (Å²) in [5.41, 5.74) is 8.73. The summed E-state index contributed by atoms with van der Waals surface area (Å²) in [6.45, 7) is 9.91. The molecule has 5 heteroatoms. The molecule has 0 atom stereocenters. The van der Waals surface area contributed by atoms with Gasteiger partial charge in [-0.3, -0.25) is 0 Å². The molecular formula is C37H35N4O+. The molecule has 7 aromatic rings. The number of fused-ring (bicyclic) bond motifs is 8. The highest BCUT2D eigenvalue weighted by Gasteiger charge is 2.35. The molecule has 0 aliphatic carbocycles. The van der Waals surface area contributed by atoms with Crippen molar-refractivity contribution in [3.8, 4) is 22.8 Å². The molecule has 208 valence electrons. The van der Waals surface area contributed by atoms with Crippen LogP contribution in [0.3, 0.4) is 0 Å². The van der Waals surface area contributed by atoms with Gasteiger partial charge >= 0.3 is 0 Å². The first-order valence-corrected chi connectivity index (χ1v) is 14.6. The van der Waals surface area contributed by atoms with Gasteiger partial charge in [0.15, 0.2) is 0 Å². The first kappa shape index (κ1) is 23.0. The molecule has 0 bridgehead atoms. The van der Waals surface area contributed by atoms with Crippen LogP contribution in [0.25, 0.3) is 55.5 Å². The molecule has 0 amide bonds. The van der Waals surface area contributed by atoms with Crippen molar-refractivity contribution in [3.63, 3.8) is 0 Å². The van der Waals surface area contributed by atoms with E-state index in [9.17, 15) is 2.74 Å². The Labute approximate surface area is 248 Å². The molecule has 0 unspecified atom stereocenters. The molecule has 4 heterocycles. The van der Waals surface area contributed by atoms with Crippen molar-refractivity contribution in [2.24, 2.45) is 7.05 Å². The van der Waals surface area contributed by atoms with Gasteiger partial charge in [-0.25, -0.2) is 9.55 Å². The first-order chi connectivity index (χ1) is 20.9. The number of aromatic nitrogens is 4. The smallest absolute Gasteiger partial charge is 0.294 e. The number of benzene rings is 4. The normalized spacial score (nSPS) is 14.0. The van der Waals surface area contributed by atoms with E-state index in [-0.39, 0.29) is 0 Å². The van der Waals surface area contributed by atoms with Gasteiger partial charge in [-0.1, -0.05) is 70.2 Å². The van der Waals surface area contributed by atoms with Gasteiger partial charge in [0.2, 0.25) is 0 Å². The Kier molecular flexibility index (Phi) is 4.88. The largest absolute Gasteiger partial charge is 0.456 e. The number of imidazole rings is 2. The van der Waals surface area contributed by atoms with E-state index in [4.69, 9.17) is 9.40 Å². The van der Waals surface area contributed by atoms with Crippen LogP contribution in [-0.2, 0) is 13.5 Å². The molecule has 3 aromatic heterocycles. The molecule has 0 radical (unpaired) electrons. The Morgan fingerprint density at radius 1 is 0.881 bits per heavy atom. The Balaban J connectivity index is 1.54. The maximum Gasteiger partial charge on any atom is 0.294 e. The number of rotatable bonds is 4. The highest BCUT2D eigenvalue weighted by molar-refractivity contribution is 6.07. The van der Waals surface area contributed by atoms with E-state index in [1.54, 1.807) is 0 Å². The fourth-order valence-electron chi connectivity index (χ4n) is 7.13. The van der Waals surface area contributed by atoms with Crippen molar-refractivity contribution in [1.29, 1.82) is 0 Å². The lowest BCUT2D eigenvalue weighted by Gasteiger charge is -2.20. The highest BCUT2D eigenvalue weighted by Crippen LogP contribution is 2.46. The van der Waals surface area contributed by atoms with Crippen LogP contribution >= 0.6 is 0 Å².